The number of hydrogen-bond acceptors (Lipinski definition) is 2. The summed E-state index contributed by atoms with van der Waals surface area (Å²) in [6, 6.07) is 3.10. The second-order valence-corrected chi connectivity index (χ2v) is 2.79. The highest BCUT2D eigenvalue weighted by molar-refractivity contribution is 5.95. The third kappa shape index (κ3) is 1.20. The number of aromatic nitrogens is 2. The highest BCUT2D eigenvalue weighted by Crippen LogP contribution is 2.10. The van der Waals surface area contributed by atoms with Crippen LogP contribution < -0.4 is 0 Å². The minimum Gasteiger partial charge on any atom is -0.295 e. The predicted molar refractivity (Wildman–Crippen MR) is 45.2 cm³/mol. The normalized spacial score (nSPS) is 10.6. The molecule has 0 radical (unpaired) electrons. The van der Waals surface area contributed by atoms with Gasteiger partial charge in [0.2, 0.25) is 0 Å². The largest absolute Gasteiger partial charge is 0.295 e. The Kier molecular flexibility index (Phi) is 1.62. The number of Topliss-reactive ketones (excluding diaryl/α,β-unsaturated/α-hetero) is 1. The lowest BCUT2D eigenvalue weighted by Crippen LogP contribution is -1.94. The van der Waals surface area contributed by atoms with Gasteiger partial charge in [-0.2, -0.15) is 5.10 Å². The first-order valence-corrected chi connectivity index (χ1v) is 3.82. The molecule has 0 N–H and O–H groups in total. The van der Waals surface area contributed by atoms with E-state index in [1.807, 2.05) is 0 Å². The molecule has 0 amide bonds. The Morgan fingerprint density at radius 2 is 2.38 bits per heavy atom. The Morgan fingerprint density at radius 3 is 3.08 bits per heavy atom. The molecule has 0 bridgehead atoms. The second-order valence-electron chi connectivity index (χ2n) is 2.79. The van der Waals surface area contributed by atoms with Crippen molar-refractivity contribution in [3.05, 3.63) is 35.9 Å². The zero-order valence-corrected chi connectivity index (χ0v) is 6.99. The molecule has 3 nitrogen and oxygen atoms in total. The van der Waals surface area contributed by atoms with Crippen LogP contribution in [0.25, 0.3) is 5.52 Å². The molecule has 0 aliphatic rings. The van der Waals surface area contributed by atoms with Crippen molar-refractivity contribution < 1.29 is 9.18 Å². The van der Waals surface area contributed by atoms with Crippen LogP contribution >= 0.6 is 0 Å². The molecule has 2 heterocycles. The number of nitrogens with zero attached hydrogens (tertiary/aromatic N) is 2. The third-order valence-electron chi connectivity index (χ3n) is 1.88. The number of ketones is 1. The summed E-state index contributed by atoms with van der Waals surface area (Å²) in [4.78, 5) is 11.0. The van der Waals surface area contributed by atoms with Gasteiger partial charge in [-0.3, -0.25) is 4.79 Å². The standard InChI is InChI=1S/C9H7FN2O/c1-6(13)7-2-3-12-9(4-7)8(10)5-11-12/h2-5H,1H3. The fraction of sp³-hybridized carbons (Fsp3) is 0.111. The maximum absolute atomic E-state index is 13.0. The van der Waals surface area contributed by atoms with E-state index in [-0.39, 0.29) is 5.78 Å². The molecule has 13 heavy (non-hydrogen) atoms. The van der Waals surface area contributed by atoms with Crippen LogP contribution in [0.5, 0.6) is 0 Å². The van der Waals surface area contributed by atoms with Crippen LogP contribution in [-0.4, -0.2) is 15.4 Å². The number of carbonyl (C=O) groups is 1. The second kappa shape index (κ2) is 2.65. The van der Waals surface area contributed by atoms with Crippen LogP contribution in [-0.2, 0) is 0 Å². The summed E-state index contributed by atoms with van der Waals surface area (Å²) in [5.74, 6) is -0.494. The van der Waals surface area contributed by atoms with Crippen molar-refractivity contribution in [1.82, 2.24) is 9.61 Å². The van der Waals surface area contributed by atoms with Crippen molar-refractivity contribution in [1.29, 1.82) is 0 Å². The van der Waals surface area contributed by atoms with Gasteiger partial charge < -0.3 is 0 Å². The summed E-state index contributed by atoms with van der Waals surface area (Å²) in [7, 11) is 0. The summed E-state index contributed by atoms with van der Waals surface area (Å²) in [6.45, 7) is 1.44. The maximum Gasteiger partial charge on any atom is 0.168 e. The van der Waals surface area contributed by atoms with Gasteiger partial charge >= 0.3 is 0 Å². The first-order chi connectivity index (χ1) is 6.18. The molecule has 0 saturated carbocycles. The highest BCUT2D eigenvalue weighted by atomic mass is 19.1. The van der Waals surface area contributed by atoms with Gasteiger partial charge in [0.15, 0.2) is 11.6 Å². The molecule has 4 heteroatoms. The minimum atomic E-state index is -0.414. The van der Waals surface area contributed by atoms with E-state index in [9.17, 15) is 9.18 Å². The quantitative estimate of drug-likeness (QED) is 0.622. The van der Waals surface area contributed by atoms with Gasteiger partial charge in [0.1, 0.15) is 5.52 Å². The van der Waals surface area contributed by atoms with Crippen LogP contribution in [0.3, 0.4) is 0 Å². The van der Waals surface area contributed by atoms with Crippen molar-refractivity contribution in [2.75, 3.05) is 0 Å². The molecule has 2 aromatic heterocycles. The monoisotopic (exact) mass is 178 g/mol. The van der Waals surface area contributed by atoms with E-state index >= 15 is 0 Å². The zero-order valence-electron chi connectivity index (χ0n) is 6.99. The first-order valence-electron chi connectivity index (χ1n) is 3.82. The average molecular weight is 178 g/mol. The zero-order chi connectivity index (χ0) is 9.42. The van der Waals surface area contributed by atoms with Gasteiger partial charge in [0, 0.05) is 11.8 Å². The Morgan fingerprint density at radius 1 is 1.62 bits per heavy atom. The van der Waals surface area contributed by atoms with Crippen molar-refractivity contribution >= 4 is 11.3 Å². The van der Waals surface area contributed by atoms with Crippen LogP contribution in [0.15, 0.2) is 24.5 Å². The maximum atomic E-state index is 13.0. The van der Waals surface area contributed by atoms with Crippen molar-refractivity contribution in [3.8, 4) is 0 Å². The van der Waals surface area contributed by atoms with Crippen LogP contribution in [0.2, 0.25) is 0 Å². The van der Waals surface area contributed by atoms with Gasteiger partial charge in [0.05, 0.1) is 6.20 Å². The van der Waals surface area contributed by atoms with E-state index in [1.54, 1.807) is 12.3 Å². The average Bonchev–Trinajstić information content (AvgIpc) is 2.47. The summed E-state index contributed by atoms with van der Waals surface area (Å²) >= 11 is 0. The molecule has 66 valence electrons. The van der Waals surface area contributed by atoms with Gasteiger partial charge in [-0.25, -0.2) is 8.91 Å². The van der Waals surface area contributed by atoms with E-state index in [4.69, 9.17) is 0 Å². The van der Waals surface area contributed by atoms with E-state index in [0.717, 1.165) is 6.20 Å². The van der Waals surface area contributed by atoms with E-state index in [2.05, 4.69) is 5.10 Å². The van der Waals surface area contributed by atoms with E-state index in [0.29, 0.717) is 11.1 Å². The molecule has 0 unspecified atom stereocenters. The van der Waals surface area contributed by atoms with Crippen molar-refractivity contribution in [2.24, 2.45) is 0 Å². The lowest BCUT2D eigenvalue weighted by atomic mass is 10.2. The van der Waals surface area contributed by atoms with Gasteiger partial charge in [-0.15, -0.1) is 0 Å². The number of pyridine rings is 1. The molecular formula is C9H7FN2O. The van der Waals surface area contributed by atoms with E-state index in [1.165, 1.54) is 17.5 Å². The Bertz CT molecular complexity index is 475. The fourth-order valence-electron chi connectivity index (χ4n) is 1.17. The summed E-state index contributed by atoms with van der Waals surface area (Å²) in [5, 5.41) is 3.75. The van der Waals surface area contributed by atoms with E-state index < -0.39 is 5.82 Å². The van der Waals surface area contributed by atoms with Crippen LogP contribution in [0.1, 0.15) is 17.3 Å². The lowest BCUT2D eigenvalue weighted by molar-refractivity contribution is 0.101. The number of halogens is 1. The Balaban J connectivity index is 2.72. The fourth-order valence-corrected chi connectivity index (χ4v) is 1.17. The van der Waals surface area contributed by atoms with Crippen LogP contribution in [0.4, 0.5) is 4.39 Å². The van der Waals surface area contributed by atoms with Gasteiger partial charge in [0.25, 0.3) is 0 Å². The third-order valence-corrected chi connectivity index (χ3v) is 1.88. The van der Waals surface area contributed by atoms with Gasteiger partial charge in [-0.1, -0.05) is 0 Å². The van der Waals surface area contributed by atoms with Crippen molar-refractivity contribution in [2.45, 2.75) is 6.92 Å². The molecule has 0 aliphatic heterocycles. The topological polar surface area (TPSA) is 34.4 Å². The Labute approximate surface area is 73.8 Å². The molecule has 0 atom stereocenters. The summed E-state index contributed by atoms with van der Waals surface area (Å²) in [5.41, 5.74) is 0.819. The number of hydrogen-bond donors (Lipinski definition) is 0. The smallest absolute Gasteiger partial charge is 0.168 e. The lowest BCUT2D eigenvalue weighted by Gasteiger charge is -1.96. The molecule has 2 rings (SSSR count). The minimum absolute atomic E-state index is 0.0805. The first kappa shape index (κ1) is 7.91. The molecule has 0 saturated heterocycles. The molecule has 0 spiro atoms. The molecular weight excluding hydrogens is 171 g/mol. The molecule has 0 aliphatic carbocycles. The van der Waals surface area contributed by atoms with Crippen molar-refractivity contribution in [3.63, 3.8) is 0 Å². The van der Waals surface area contributed by atoms with Crippen LogP contribution in [0, 0.1) is 5.82 Å². The molecule has 0 fully saturated rings. The number of rotatable bonds is 1. The van der Waals surface area contributed by atoms with Gasteiger partial charge in [-0.05, 0) is 19.1 Å². The number of fused-ring (bicyclic) bond motifs is 1. The highest BCUT2D eigenvalue weighted by Gasteiger charge is 2.05. The predicted octanol–water partition coefficient (Wildman–Crippen LogP) is 1.68. The number of carbonyl (C=O) groups excluding carboxylic acids is 1. The molecule has 0 aromatic carbocycles. The summed E-state index contributed by atoms with van der Waals surface area (Å²) in [6.07, 6.45) is 2.69. The summed E-state index contributed by atoms with van der Waals surface area (Å²) < 4.78 is 14.4. The SMILES string of the molecule is CC(=O)c1ccn2ncc(F)c2c1. The Hall–Kier alpha value is -1.71. The molecule has 2 aromatic rings.